The Balaban J connectivity index is 2.48. The fraction of sp³-hybridized carbons (Fsp3) is 0.444. The average molecular weight is 179 g/mol. The van der Waals surface area contributed by atoms with Gasteiger partial charge in [-0.2, -0.15) is 0 Å². The minimum absolute atomic E-state index is 0.0162. The van der Waals surface area contributed by atoms with Crippen LogP contribution in [0.2, 0.25) is 0 Å². The second kappa shape index (κ2) is 2.80. The van der Waals surface area contributed by atoms with Crippen molar-refractivity contribution in [2.24, 2.45) is 0 Å². The first kappa shape index (κ1) is 8.16. The van der Waals surface area contributed by atoms with E-state index in [1.54, 1.807) is 0 Å². The van der Waals surface area contributed by atoms with Crippen molar-refractivity contribution in [3.05, 3.63) is 17.3 Å². The fourth-order valence-electron chi connectivity index (χ4n) is 1.42. The standard InChI is InChI=1S/C9H9NO3/c1-5(11)9-10-8-6(12)3-2-4-7(8)13-9/h2-4H2,1H3. The molecule has 1 heterocycles. The lowest BCUT2D eigenvalue weighted by molar-refractivity contribution is 0.0961. The van der Waals surface area contributed by atoms with E-state index in [2.05, 4.69) is 4.98 Å². The third-order valence-electron chi connectivity index (χ3n) is 2.07. The molecular weight excluding hydrogens is 170 g/mol. The first-order valence-electron chi connectivity index (χ1n) is 4.22. The van der Waals surface area contributed by atoms with Gasteiger partial charge in [-0.15, -0.1) is 0 Å². The predicted molar refractivity (Wildman–Crippen MR) is 43.8 cm³/mol. The molecule has 1 aliphatic carbocycles. The number of aromatic nitrogens is 1. The Hall–Kier alpha value is -1.45. The van der Waals surface area contributed by atoms with Crippen molar-refractivity contribution in [3.8, 4) is 0 Å². The zero-order valence-electron chi connectivity index (χ0n) is 7.29. The van der Waals surface area contributed by atoms with Gasteiger partial charge in [0.1, 0.15) is 11.5 Å². The Morgan fingerprint density at radius 3 is 2.85 bits per heavy atom. The summed E-state index contributed by atoms with van der Waals surface area (Å²) in [6, 6.07) is 0. The van der Waals surface area contributed by atoms with Crippen LogP contribution in [0.4, 0.5) is 0 Å². The second-order valence-electron chi connectivity index (χ2n) is 3.12. The van der Waals surface area contributed by atoms with E-state index in [1.165, 1.54) is 6.92 Å². The van der Waals surface area contributed by atoms with Gasteiger partial charge >= 0.3 is 0 Å². The third-order valence-corrected chi connectivity index (χ3v) is 2.07. The highest BCUT2D eigenvalue weighted by molar-refractivity contribution is 5.98. The van der Waals surface area contributed by atoms with Crippen LogP contribution < -0.4 is 0 Å². The smallest absolute Gasteiger partial charge is 0.263 e. The average Bonchev–Trinajstić information content (AvgIpc) is 2.49. The summed E-state index contributed by atoms with van der Waals surface area (Å²) in [4.78, 5) is 26.1. The molecule has 0 saturated carbocycles. The highest BCUT2D eigenvalue weighted by Gasteiger charge is 2.24. The summed E-state index contributed by atoms with van der Waals surface area (Å²) in [5.41, 5.74) is 0.358. The van der Waals surface area contributed by atoms with Crippen molar-refractivity contribution in [1.29, 1.82) is 0 Å². The number of carbonyl (C=O) groups excluding carboxylic acids is 2. The molecule has 2 rings (SSSR count). The Morgan fingerprint density at radius 2 is 2.23 bits per heavy atom. The van der Waals surface area contributed by atoms with Crippen LogP contribution in [0, 0.1) is 0 Å². The zero-order chi connectivity index (χ0) is 9.42. The zero-order valence-corrected chi connectivity index (χ0v) is 7.29. The maximum absolute atomic E-state index is 11.3. The van der Waals surface area contributed by atoms with E-state index >= 15 is 0 Å². The number of oxazole rings is 1. The first-order chi connectivity index (χ1) is 6.18. The number of Topliss-reactive ketones (excluding diaryl/α,β-unsaturated/α-hetero) is 2. The molecule has 0 fully saturated rings. The lowest BCUT2D eigenvalue weighted by Crippen LogP contribution is -2.09. The van der Waals surface area contributed by atoms with Crippen molar-refractivity contribution >= 4 is 11.6 Å². The second-order valence-corrected chi connectivity index (χ2v) is 3.12. The van der Waals surface area contributed by atoms with E-state index < -0.39 is 0 Å². The van der Waals surface area contributed by atoms with E-state index in [0.717, 1.165) is 6.42 Å². The lowest BCUT2D eigenvalue weighted by Gasteiger charge is -2.04. The van der Waals surface area contributed by atoms with Crippen LogP contribution in [0.3, 0.4) is 0 Å². The summed E-state index contributed by atoms with van der Waals surface area (Å²) in [6.07, 6.45) is 2.01. The molecule has 68 valence electrons. The van der Waals surface area contributed by atoms with E-state index in [9.17, 15) is 9.59 Å². The highest BCUT2D eigenvalue weighted by atomic mass is 16.4. The molecule has 4 nitrogen and oxygen atoms in total. The van der Waals surface area contributed by atoms with Crippen LogP contribution in [0.5, 0.6) is 0 Å². The molecule has 1 aromatic rings. The predicted octanol–water partition coefficient (Wildman–Crippen LogP) is 1.40. The topological polar surface area (TPSA) is 60.2 Å². The summed E-state index contributed by atoms with van der Waals surface area (Å²) in [6.45, 7) is 1.38. The van der Waals surface area contributed by atoms with Crippen molar-refractivity contribution in [2.75, 3.05) is 0 Å². The summed E-state index contributed by atoms with van der Waals surface area (Å²) >= 11 is 0. The first-order valence-corrected chi connectivity index (χ1v) is 4.22. The van der Waals surface area contributed by atoms with Crippen molar-refractivity contribution in [3.63, 3.8) is 0 Å². The minimum atomic E-state index is -0.234. The van der Waals surface area contributed by atoms with Gasteiger partial charge in [-0.1, -0.05) is 0 Å². The molecule has 0 bridgehead atoms. The molecule has 0 aliphatic heterocycles. The van der Waals surface area contributed by atoms with Crippen LogP contribution >= 0.6 is 0 Å². The Morgan fingerprint density at radius 1 is 1.46 bits per heavy atom. The van der Waals surface area contributed by atoms with E-state index in [1.807, 2.05) is 0 Å². The Kier molecular flexibility index (Phi) is 1.76. The molecule has 13 heavy (non-hydrogen) atoms. The van der Waals surface area contributed by atoms with E-state index in [-0.39, 0.29) is 17.5 Å². The van der Waals surface area contributed by atoms with Gasteiger partial charge in [-0.05, 0) is 6.42 Å². The summed E-state index contributed by atoms with van der Waals surface area (Å²) in [5, 5.41) is 0. The molecule has 0 spiro atoms. The molecule has 0 aromatic carbocycles. The van der Waals surface area contributed by atoms with Gasteiger partial charge in [0, 0.05) is 19.8 Å². The molecule has 1 aromatic heterocycles. The molecule has 0 saturated heterocycles. The quantitative estimate of drug-likeness (QED) is 0.611. The van der Waals surface area contributed by atoms with Crippen molar-refractivity contribution < 1.29 is 14.0 Å². The molecule has 0 N–H and O–H groups in total. The normalized spacial score (nSPS) is 15.6. The molecule has 1 aliphatic rings. The van der Waals surface area contributed by atoms with Gasteiger partial charge in [0.25, 0.3) is 5.89 Å². The van der Waals surface area contributed by atoms with Crippen molar-refractivity contribution in [1.82, 2.24) is 4.98 Å². The SMILES string of the molecule is CC(=O)c1nc2c(o1)CCCC2=O. The lowest BCUT2D eigenvalue weighted by atomic mass is 10.0. The van der Waals surface area contributed by atoms with Gasteiger partial charge in [-0.3, -0.25) is 9.59 Å². The molecule has 4 heteroatoms. The number of hydrogen-bond acceptors (Lipinski definition) is 4. The van der Waals surface area contributed by atoms with Gasteiger partial charge in [0.05, 0.1) is 0 Å². The van der Waals surface area contributed by atoms with Gasteiger partial charge < -0.3 is 4.42 Å². The summed E-state index contributed by atoms with van der Waals surface area (Å²) < 4.78 is 5.16. The van der Waals surface area contributed by atoms with Gasteiger partial charge in [-0.25, -0.2) is 4.98 Å². The molecule has 0 radical (unpaired) electrons. The maximum Gasteiger partial charge on any atom is 0.263 e. The number of aryl methyl sites for hydroxylation is 1. The number of rotatable bonds is 1. The molecular formula is C9H9NO3. The van der Waals surface area contributed by atoms with Crippen LogP contribution in [0.15, 0.2) is 4.42 Å². The van der Waals surface area contributed by atoms with Crippen molar-refractivity contribution in [2.45, 2.75) is 26.2 Å². The number of hydrogen-bond donors (Lipinski definition) is 0. The third kappa shape index (κ3) is 1.28. The van der Waals surface area contributed by atoms with Gasteiger partial charge in [0.15, 0.2) is 5.78 Å². The molecule has 0 atom stereocenters. The van der Waals surface area contributed by atoms with Crippen LogP contribution in [-0.4, -0.2) is 16.6 Å². The largest absolute Gasteiger partial charge is 0.438 e. The number of fused-ring (bicyclic) bond motifs is 1. The maximum atomic E-state index is 11.3. The van der Waals surface area contributed by atoms with Crippen LogP contribution in [0.25, 0.3) is 0 Å². The van der Waals surface area contributed by atoms with E-state index in [4.69, 9.17) is 4.42 Å². The van der Waals surface area contributed by atoms with Crippen LogP contribution in [-0.2, 0) is 6.42 Å². The van der Waals surface area contributed by atoms with Crippen LogP contribution in [0.1, 0.15) is 46.7 Å². The molecule has 0 unspecified atom stereocenters. The highest BCUT2D eigenvalue weighted by Crippen LogP contribution is 2.21. The Bertz CT molecular complexity index is 378. The number of nitrogens with zero attached hydrogens (tertiary/aromatic N) is 1. The fourth-order valence-corrected chi connectivity index (χ4v) is 1.42. The number of ketones is 2. The van der Waals surface area contributed by atoms with Gasteiger partial charge in [0.2, 0.25) is 5.78 Å². The monoisotopic (exact) mass is 179 g/mol. The van der Waals surface area contributed by atoms with E-state index in [0.29, 0.717) is 24.3 Å². The minimum Gasteiger partial charge on any atom is -0.438 e. The molecule has 0 amide bonds. The summed E-state index contributed by atoms with van der Waals surface area (Å²) in [5.74, 6) is 0.376. The summed E-state index contributed by atoms with van der Waals surface area (Å²) in [7, 11) is 0. The Labute approximate surface area is 75.0 Å². The number of carbonyl (C=O) groups is 2.